The largest absolute Gasteiger partial charge is 0.491 e. The first kappa shape index (κ1) is 24.2. The quantitative estimate of drug-likeness (QED) is 0.625. The Morgan fingerprint density at radius 3 is 2.71 bits per heavy atom. The minimum Gasteiger partial charge on any atom is -0.491 e. The monoisotopic (exact) mass is 493 g/mol. The predicted molar refractivity (Wildman–Crippen MR) is 105 cm³/mol. The van der Waals surface area contributed by atoms with Crippen molar-refractivity contribution in [2.24, 2.45) is 0 Å². The molecule has 1 unspecified atom stereocenters. The molecule has 2 atom stereocenters. The van der Waals surface area contributed by atoms with Crippen LogP contribution in [0.5, 0.6) is 11.6 Å². The van der Waals surface area contributed by atoms with Crippen LogP contribution in [0.15, 0.2) is 24.3 Å². The second kappa shape index (κ2) is 9.35. The molecule has 7 nitrogen and oxygen atoms in total. The highest BCUT2D eigenvalue weighted by atomic mass is 19.4. The van der Waals surface area contributed by atoms with Gasteiger partial charge in [-0.15, -0.1) is 0 Å². The topological polar surface area (TPSA) is 74.6 Å². The average Bonchev–Trinajstić information content (AvgIpc) is 3.15. The van der Waals surface area contributed by atoms with E-state index in [9.17, 15) is 31.1 Å². The van der Waals surface area contributed by atoms with Gasteiger partial charge in [-0.05, 0) is 23.6 Å². The summed E-state index contributed by atoms with van der Waals surface area (Å²) in [5, 5.41) is 6.91. The first-order chi connectivity index (χ1) is 15.9. The Balaban J connectivity index is 1.34. The normalized spacial score (nSPS) is 20.1. The molecule has 13 heteroatoms. The molecule has 186 valence electrons. The van der Waals surface area contributed by atoms with Crippen molar-refractivity contribution in [1.82, 2.24) is 15.1 Å². The number of hydrogen-bond acceptors (Lipinski definition) is 5. The number of halogens is 6. The molecule has 2 aliphatic heterocycles. The maximum Gasteiger partial charge on any atom is 0.411 e. The number of alkyl halides is 6. The summed E-state index contributed by atoms with van der Waals surface area (Å²) in [6.07, 6.45) is -9.76. The van der Waals surface area contributed by atoms with Gasteiger partial charge in [0.2, 0.25) is 5.88 Å². The fourth-order valence-corrected chi connectivity index (χ4v) is 3.83. The molecule has 0 fully saturated rings. The van der Waals surface area contributed by atoms with Crippen LogP contribution in [0.4, 0.5) is 26.3 Å². The van der Waals surface area contributed by atoms with Crippen LogP contribution in [0.3, 0.4) is 0 Å². The summed E-state index contributed by atoms with van der Waals surface area (Å²) in [4.78, 5) is 12.7. The van der Waals surface area contributed by atoms with E-state index in [-0.39, 0.29) is 36.8 Å². The van der Waals surface area contributed by atoms with Crippen molar-refractivity contribution < 1.29 is 45.3 Å². The van der Waals surface area contributed by atoms with Gasteiger partial charge in [-0.3, -0.25) is 4.79 Å². The third-order valence-corrected chi connectivity index (χ3v) is 5.27. The van der Waals surface area contributed by atoms with Gasteiger partial charge in [-0.1, -0.05) is 12.1 Å². The number of amides is 1. The summed E-state index contributed by atoms with van der Waals surface area (Å²) in [5.41, 5.74) is 0.713. The van der Waals surface area contributed by atoms with Gasteiger partial charge in [-0.25, -0.2) is 4.68 Å². The Kier molecular flexibility index (Phi) is 6.65. The molecular formula is C21H21F6N3O4. The lowest BCUT2D eigenvalue weighted by molar-refractivity contribution is -0.179. The molecule has 34 heavy (non-hydrogen) atoms. The van der Waals surface area contributed by atoms with Crippen molar-refractivity contribution in [3.63, 3.8) is 0 Å². The van der Waals surface area contributed by atoms with Crippen molar-refractivity contribution in [1.29, 1.82) is 0 Å². The third-order valence-electron chi connectivity index (χ3n) is 5.27. The SMILES string of the molecule is O=C(N[C@H]1COc2ccc(CC(F)(F)F)cc2C1)c1cc2n(n1)CCC(COCC(F)(F)F)O2. The van der Waals surface area contributed by atoms with E-state index < -0.39 is 43.4 Å². The van der Waals surface area contributed by atoms with Gasteiger partial charge in [0.05, 0.1) is 19.1 Å². The van der Waals surface area contributed by atoms with Crippen LogP contribution in [0.1, 0.15) is 28.0 Å². The summed E-state index contributed by atoms with van der Waals surface area (Å²) >= 11 is 0. The highest BCUT2D eigenvalue weighted by Gasteiger charge is 2.31. The maximum atomic E-state index is 12.7. The highest BCUT2D eigenvalue weighted by molar-refractivity contribution is 5.92. The van der Waals surface area contributed by atoms with E-state index in [0.29, 0.717) is 24.3 Å². The van der Waals surface area contributed by atoms with E-state index in [1.54, 1.807) is 0 Å². The van der Waals surface area contributed by atoms with E-state index in [4.69, 9.17) is 9.47 Å². The number of benzene rings is 1. The number of fused-ring (bicyclic) bond motifs is 2. The van der Waals surface area contributed by atoms with Gasteiger partial charge in [0, 0.05) is 19.0 Å². The molecule has 2 aliphatic rings. The molecule has 0 aliphatic carbocycles. The Hall–Kier alpha value is -2.96. The molecule has 0 spiro atoms. The lowest BCUT2D eigenvalue weighted by Gasteiger charge is -2.26. The van der Waals surface area contributed by atoms with Crippen LogP contribution < -0.4 is 14.8 Å². The molecule has 1 N–H and O–H groups in total. The fourth-order valence-electron chi connectivity index (χ4n) is 3.83. The van der Waals surface area contributed by atoms with Crippen LogP contribution in [-0.2, 0) is 24.1 Å². The highest BCUT2D eigenvalue weighted by Crippen LogP contribution is 2.29. The Labute approximate surface area is 190 Å². The molecule has 2 aromatic rings. The maximum absolute atomic E-state index is 12.7. The molecular weight excluding hydrogens is 472 g/mol. The van der Waals surface area contributed by atoms with Gasteiger partial charge >= 0.3 is 12.4 Å². The Bertz CT molecular complexity index is 1040. The van der Waals surface area contributed by atoms with E-state index in [2.05, 4.69) is 15.2 Å². The minimum atomic E-state index is -4.43. The molecule has 1 amide bonds. The van der Waals surface area contributed by atoms with E-state index in [0.717, 1.165) is 0 Å². The Morgan fingerprint density at radius 2 is 1.97 bits per heavy atom. The van der Waals surface area contributed by atoms with E-state index in [1.165, 1.54) is 28.9 Å². The zero-order valence-electron chi connectivity index (χ0n) is 17.7. The molecule has 0 radical (unpaired) electrons. The van der Waals surface area contributed by atoms with Gasteiger partial charge in [-0.2, -0.15) is 31.4 Å². The standard InChI is InChI=1S/C21H21F6N3O4/c22-20(23,24)8-12-1-2-17-13(5-12)6-14(9-33-17)28-19(31)16-7-18-30(29-16)4-3-15(34-18)10-32-11-21(25,26)27/h1-2,5,7,14-15H,3-4,6,8-11H2,(H,28,31)/t14-,15?/m1/s1. The molecule has 3 heterocycles. The van der Waals surface area contributed by atoms with Crippen LogP contribution in [0.25, 0.3) is 0 Å². The second-order valence-electron chi connectivity index (χ2n) is 8.17. The molecule has 0 saturated heterocycles. The third kappa shape index (κ3) is 6.33. The lowest BCUT2D eigenvalue weighted by Crippen LogP contribution is -2.43. The van der Waals surface area contributed by atoms with Gasteiger partial charge in [0.1, 0.15) is 25.1 Å². The smallest absolute Gasteiger partial charge is 0.411 e. The van der Waals surface area contributed by atoms with Crippen LogP contribution in [0.2, 0.25) is 0 Å². The summed E-state index contributed by atoms with van der Waals surface area (Å²) in [6, 6.07) is 5.17. The number of aryl methyl sites for hydroxylation is 1. The summed E-state index contributed by atoms with van der Waals surface area (Å²) in [6.45, 7) is -1.14. The Morgan fingerprint density at radius 1 is 1.18 bits per heavy atom. The summed E-state index contributed by atoms with van der Waals surface area (Å²) in [5.74, 6) is 0.180. The lowest BCUT2D eigenvalue weighted by atomic mass is 9.99. The summed E-state index contributed by atoms with van der Waals surface area (Å²) < 4.78 is 91.9. The number of ether oxygens (including phenoxy) is 3. The number of carbonyl (C=O) groups is 1. The van der Waals surface area contributed by atoms with Crippen LogP contribution in [0, 0.1) is 0 Å². The number of nitrogens with one attached hydrogen (secondary N) is 1. The number of hydrogen-bond donors (Lipinski definition) is 1. The molecule has 4 rings (SSSR count). The number of nitrogens with zero attached hydrogens (tertiary/aromatic N) is 2. The van der Waals surface area contributed by atoms with E-state index >= 15 is 0 Å². The first-order valence-electron chi connectivity index (χ1n) is 10.5. The number of aromatic nitrogens is 2. The van der Waals surface area contributed by atoms with Gasteiger partial charge in [0.25, 0.3) is 5.91 Å². The molecule has 1 aromatic heterocycles. The zero-order valence-corrected chi connectivity index (χ0v) is 17.7. The van der Waals surface area contributed by atoms with Crippen molar-refractivity contribution >= 4 is 5.91 Å². The first-order valence-corrected chi connectivity index (χ1v) is 10.5. The predicted octanol–water partition coefficient (Wildman–Crippen LogP) is 3.45. The van der Waals surface area contributed by atoms with Gasteiger partial charge < -0.3 is 19.5 Å². The molecule has 1 aromatic carbocycles. The average molecular weight is 493 g/mol. The number of rotatable bonds is 6. The summed E-state index contributed by atoms with van der Waals surface area (Å²) in [7, 11) is 0. The van der Waals surface area contributed by atoms with Crippen LogP contribution in [-0.4, -0.2) is 60.0 Å². The number of carbonyl (C=O) groups excluding carboxylic acids is 1. The zero-order chi connectivity index (χ0) is 24.5. The minimum absolute atomic E-state index is 0.0449. The molecule has 0 saturated carbocycles. The van der Waals surface area contributed by atoms with Crippen molar-refractivity contribution in [3.05, 3.63) is 41.1 Å². The second-order valence-corrected chi connectivity index (χ2v) is 8.17. The molecule has 0 bridgehead atoms. The van der Waals surface area contributed by atoms with Crippen molar-refractivity contribution in [2.45, 2.75) is 50.3 Å². The fraction of sp³-hybridized carbons (Fsp3) is 0.524. The van der Waals surface area contributed by atoms with Crippen molar-refractivity contribution in [3.8, 4) is 11.6 Å². The van der Waals surface area contributed by atoms with Crippen LogP contribution >= 0.6 is 0 Å². The van der Waals surface area contributed by atoms with Crippen molar-refractivity contribution in [2.75, 3.05) is 19.8 Å². The van der Waals surface area contributed by atoms with Gasteiger partial charge in [0.15, 0.2) is 5.69 Å². The van der Waals surface area contributed by atoms with E-state index in [1.807, 2.05) is 0 Å².